The van der Waals surface area contributed by atoms with Crippen LogP contribution in [0.2, 0.25) is 0 Å². The van der Waals surface area contributed by atoms with Crippen LogP contribution in [0.4, 0.5) is 11.4 Å². The number of hydrogen-bond acceptors (Lipinski definition) is 9. The van der Waals surface area contributed by atoms with E-state index in [-0.39, 0.29) is 69.9 Å². The molecule has 13 heteroatoms. The molecule has 9 nitrogen and oxygen atoms in total. The molecule has 0 aromatic heterocycles. The standard InChI is InChI=1S/C16H12N2O7S2.2Na/c19-16-13-7-6-12(26(20,21)22)8-10(13)9-14(27(23,24)25)15(16)18-17-11-4-2-1-3-5-11;;/h1-9,19H,(H,20,21,22)(H,23,24,25);;/q;2*+1/p-2. The molecule has 0 heterocycles. The van der Waals surface area contributed by atoms with Gasteiger partial charge < -0.3 is 14.2 Å². The first kappa shape index (κ1) is 26.2. The third-order valence-corrected chi connectivity index (χ3v) is 5.28. The van der Waals surface area contributed by atoms with Crippen LogP contribution in [0.15, 0.2) is 74.6 Å². The van der Waals surface area contributed by atoms with Crippen LogP contribution in [0.1, 0.15) is 0 Å². The zero-order chi connectivity index (χ0) is 19.8. The topological polar surface area (TPSA) is 159 Å². The van der Waals surface area contributed by atoms with Gasteiger partial charge in [-0.25, -0.2) is 16.8 Å². The van der Waals surface area contributed by atoms with Crippen molar-refractivity contribution in [1.82, 2.24) is 0 Å². The average molecular weight is 452 g/mol. The fourth-order valence-corrected chi connectivity index (χ4v) is 3.53. The molecule has 0 aliphatic heterocycles. The molecule has 3 aromatic carbocycles. The van der Waals surface area contributed by atoms with Crippen LogP contribution in [0.3, 0.4) is 0 Å². The van der Waals surface area contributed by atoms with Gasteiger partial charge in [0.25, 0.3) is 0 Å². The minimum atomic E-state index is -5.09. The van der Waals surface area contributed by atoms with Gasteiger partial charge in [-0.2, -0.15) is 5.11 Å². The molecule has 0 aliphatic carbocycles. The van der Waals surface area contributed by atoms with Gasteiger partial charge in [0.05, 0.1) is 15.5 Å². The summed E-state index contributed by atoms with van der Waals surface area (Å²) >= 11 is 0. The molecule has 140 valence electrons. The first-order valence-corrected chi connectivity index (χ1v) is 10.1. The summed E-state index contributed by atoms with van der Waals surface area (Å²) in [5, 5.41) is 17.7. The summed E-state index contributed by atoms with van der Waals surface area (Å²) in [6.45, 7) is 0. The van der Waals surface area contributed by atoms with Gasteiger partial charge in [0.15, 0.2) is 5.75 Å². The predicted molar refractivity (Wildman–Crippen MR) is 92.2 cm³/mol. The molecule has 0 fully saturated rings. The van der Waals surface area contributed by atoms with Gasteiger partial charge in [-0.15, -0.1) is 5.11 Å². The van der Waals surface area contributed by atoms with Gasteiger partial charge >= 0.3 is 59.1 Å². The van der Waals surface area contributed by atoms with Crippen LogP contribution in [-0.2, 0) is 20.2 Å². The summed E-state index contributed by atoms with van der Waals surface area (Å²) in [5.74, 6) is -0.684. The average Bonchev–Trinajstić information content (AvgIpc) is 2.59. The van der Waals surface area contributed by atoms with Gasteiger partial charge in [0.1, 0.15) is 25.9 Å². The molecular weight excluding hydrogens is 442 g/mol. The van der Waals surface area contributed by atoms with E-state index < -0.39 is 41.5 Å². The Balaban J connectivity index is 0.00000210. The molecule has 0 saturated carbocycles. The fourth-order valence-electron chi connectivity index (χ4n) is 2.37. The smallest absolute Gasteiger partial charge is 0.744 e. The predicted octanol–water partition coefficient (Wildman–Crippen LogP) is -3.22. The maximum atomic E-state index is 11.6. The first-order valence-electron chi connectivity index (χ1n) is 7.26. The maximum Gasteiger partial charge on any atom is 1.00 e. The van der Waals surface area contributed by atoms with E-state index in [1.54, 1.807) is 30.3 Å². The second-order valence-corrected chi connectivity index (χ2v) is 8.13. The van der Waals surface area contributed by atoms with Crippen LogP contribution in [0.5, 0.6) is 5.75 Å². The van der Waals surface area contributed by atoms with Gasteiger partial charge in [-0.3, -0.25) is 0 Å². The molecule has 1 N–H and O–H groups in total. The third kappa shape index (κ3) is 6.07. The molecule has 29 heavy (non-hydrogen) atoms. The second-order valence-electron chi connectivity index (χ2n) is 5.40. The molecule has 0 bridgehead atoms. The van der Waals surface area contributed by atoms with Crippen LogP contribution < -0.4 is 59.1 Å². The van der Waals surface area contributed by atoms with Crippen molar-refractivity contribution in [1.29, 1.82) is 0 Å². The number of phenolic OH excluding ortho intramolecular Hbond substituents is 1. The summed E-state index contributed by atoms with van der Waals surface area (Å²) in [6.07, 6.45) is 0. The zero-order valence-electron chi connectivity index (χ0n) is 15.3. The van der Waals surface area contributed by atoms with Crippen molar-refractivity contribution >= 4 is 42.4 Å². The van der Waals surface area contributed by atoms with Crippen molar-refractivity contribution in [2.75, 3.05) is 0 Å². The summed E-state index contributed by atoms with van der Waals surface area (Å²) in [7, 11) is -9.90. The van der Waals surface area contributed by atoms with Crippen molar-refractivity contribution in [2.24, 2.45) is 10.2 Å². The van der Waals surface area contributed by atoms with E-state index in [4.69, 9.17) is 0 Å². The summed E-state index contributed by atoms with van der Waals surface area (Å²) in [5.41, 5.74) is -0.238. The van der Waals surface area contributed by atoms with E-state index in [0.29, 0.717) is 5.69 Å². The van der Waals surface area contributed by atoms with E-state index in [1.165, 1.54) is 0 Å². The monoisotopic (exact) mass is 452 g/mol. The molecule has 0 aliphatic rings. The van der Waals surface area contributed by atoms with Gasteiger partial charge in [-0.1, -0.05) is 18.2 Å². The van der Waals surface area contributed by atoms with Crippen LogP contribution in [0.25, 0.3) is 10.8 Å². The Morgan fingerprint density at radius 3 is 1.97 bits per heavy atom. The third-order valence-electron chi connectivity index (χ3n) is 3.60. The van der Waals surface area contributed by atoms with Gasteiger partial charge in [-0.05, 0) is 41.8 Å². The van der Waals surface area contributed by atoms with Gasteiger partial charge in [0.2, 0.25) is 0 Å². The second kappa shape index (κ2) is 9.96. The van der Waals surface area contributed by atoms with Crippen molar-refractivity contribution in [2.45, 2.75) is 9.79 Å². The number of fused-ring (bicyclic) bond motifs is 1. The number of benzene rings is 3. The molecule has 0 unspecified atom stereocenters. The Morgan fingerprint density at radius 1 is 0.793 bits per heavy atom. The SMILES string of the molecule is O=S(=O)([O-])c1ccc2c(O)c(N=Nc3ccccc3)c(S(=O)(=O)[O-])cc2c1.[Na+].[Na+]. The normalized spacial score (nSPS) is 11.8. The van der Waals surface area contributed by atoms with Crippen molar-refractivity contribution in [3.05, 3.63) is 54.6 Å². The van der Waals surface area contributed by atoms with E-state index in [1.807, 2.05) is 0 Å². The van der Waals surface area contributed by atoms with E-state index >= 15 is 0 Å². The largest absolute Gasteiger partial charge is 1.00 e. The molecule has 3 rings (SSSR count). The molecule has 0 radical (unpaired) electrons. The molecule has 0 saturated heterocycles. The first-order chi connectivity index (χ1) is 12.6. The zero-order valence-corrected chi connectivity index (χ0v) is 20.9. The summed E-state index contributed by atoms with van der Waals surface area (Å²) in [4.78, 5) is -1.53. The van der Waals surface area contributed by atoms with Crippen LogP contribution in [0, 0.1) is 0 Å². The minimum absolute atomic E-state index is 0. The maximum absolute atomic E-state index is 11.6. The Kier molecular flexibility index (Phi) is 8.99. The van der Waals surface area contributed by atoms with Gasteiger partial charge in [0, 0.05) is 5.39 Å². The van der Waals surface area contributed by atoms with E-state index in [9.17, 15) is 31.0 Å². The number of phenols is 1. The number of hydrogen-bond donors (Lipinski definition) is 1. The van der Waals surface area contributed by atoms with Crippen LogP contribution in [-0.4, -0.2) is 31.0 Å². The summed E-state index contributed by atoms with van der Waals surface area (Å²) < 4.78 is 68.2. The molecule has 0 atom stereocenters. The fraction of sp³-hybridized carbons (Fsp3) is 0. The Bertz CT molecular complexity index is 1280. The number of azo groups is 1. The molecular formula is C16H10N2Na2O7S2. The Morgan fingerprint density at radius 2 is 1.41 bits per heavy atom. The van der Waals surface area contributed by atoms with Crippen LogP contribution >= 0.6 is 0 Å². The molecule has 0 amide bonds. The van der Waals surface area contributed by atoms with Crippen molar-refractivity contribution in [3.8, 4) is 5.75 Å². The van der Waals surface area contributed by atoms with E-state index in [0.717, 1.165) is 24.3 Å². The number of nitrogens with zero attached hydrogens (tertiary/aromatic N) is 2. The molecule has 3 aromatic rings. The quantitative estimate of drug-likeness (QED) is 0.248. The Hall–Kier alpha value is -0.860. The van der Waals surface area contributed by atoms with Crippen molar-refractivity contribution in [3.63, 3.8) is 0 Å². The molecule has 0 spiro atoms. The van der Waals surface area contributed by atoms with Crippen molar-refractivity contribution < 1.29 is 90.2 Å². The number of aromatic hydroxyl groups is 1. The Labute approximate surface area is 210 Å². The number of rotatable bonds is 4. The minimum Gasteiger partial charge on any atom is -0.744 e. The van der Waals surface area contributed by atoms with E-state index in [2.05, 4.69) is 10.2 Å². The summed E-state index contributed by atoms with van der Waals surface area (Å²) in [6, 6.07) is 11.9.